The summed E-state index contributed by atoms with van der Waals surface area (Å²) in [6.07, 6.45) is 1.30. The number of nitrogens with zero attached hydrogens (tertiary/aromatic N) is 2. The zero-order valence-corrected chi connectivity index (χ0v) is 11.0. The Hall–Kier alpha value is -2.56. The van der Waals surface area contributed by atoms with Gasteiger partial charge in [-0.3, -0.25) is 4.99 Å². The number of hydrogen-bond donors (Lipinski definition) is 1. The third kappa shape index (κ3) is 1.87. The molecule has 0 amide bonds. The highest BCUT2D eigenvalue weighted by Gasteiger charge is 2.19. The van der Waals surface area contributed by atoms with Gasteiger partial charge in [-0.2, -0.15) is 0 Å². The normalized spacial score (nSPS) is 13.9. The molecule has 1 aliphatic heterocycles. The molecule has 1 aromatic carbocycles. The number of fused-ring (bicyclic) bond motifs is 1. The molecule has 102 valence electrons. The molecule has 1 N–H and O–H groups in total. The molecule has 1 aromatic heterocycles. The van der Waals surface area contributed by atoms with Crippen LogP contribution in [0.25, 0.3) is 17.2 Å². The second-order valence-electron chi connectivity index (χ2n) is 4.50. The third-order valence-corrected chi connectivity index (χ3v) is 3.35. The molecule has 0 radical (unpaired) electrons. The first kappa shape index (κ1) is 12.5. The molecule has 0 unspecified atom stereocenters. The maximum atomic E-state index is 11.4. The monoisotopic (exact) mass is 270 g/mol. The van der Waals surface area contributed by atoms with E-state index >= 15 is 0 Å². The predicted molar refractivity (Wildman–Crippen MR) is 73.7 cm³/mol. The molecular formula is C15H14N2O3. The van der Waals surface area contributed by atoms with Crippen LogP contribution in [0.1, 0.15) is 0 Å². The van der Waals surface area contributed by atoms with Crippen molar-refractivity contribution in [1.29, 1.82) is 0 Å². The summed E-state index contributed by atoms with van der Waals surface area (Å²) in [6, 6.07) is 9.53. The van der Waals surface area contributed by atoms with Gasteiger partial charge in [-0.25, -0.2) is 4.79 Å². The number of methoxy groups -OCH3 is 1. The maximum Gasteiger partial charge on any atom is 0.332 e. The first-order valence-electron chi connectivity index (χ1n) is 6.33. The van der Waals surface area contributed by atoms with Crippen LogP contribution in [-0.4, -0.2) is 29.3 Å². The number of ether oxygens (including phenoxy) is 1. The summed E-state index contributed by atoms with van der Waals surface area (Å²) in [6.45, 7) is 1.30. The van der Waals surface area contributed by atoms with Crippen molar-refractivity contribution >= 4 is 12.0 Å². The van der Waals surface area contributed by atoms with Crippen molar-refractivity contribution in [3.05, 3.63) is 41.2 Å². The van der Waals surface area contributed by atoms with Crippen LogP contribution < -0.4 is 10.8 Å². The molecule has 1 aliphatic rings. The van der Waals surface area contributed by atoms with Crippen molar-refractivity contribution in [1.82, 2.24) is 4.57 Å². The fourth-order valence-electron chi connectivity index (χ4n) is 2.44. The highest BCUT2D eigenvalue weighted by molar-refractivity contribution is 6.00. The largest absolute Gasteiger partial charge is 0.505 e. The van der Waals surface area contributed by atoms with Gasteiger partial charge in [0.05, 0.1) is 30.6 Å². The molecule has 2 aromatic rings. The zero-order chi connectivity index (χ0) is 14.1. The van der Waals surface area contributed by atoms with Gasteiger partial charge in [0.25, 0.3) is 0 Å². The van der Waals surface area contributed by atoms with E-state index in [0.29, 0.717) is 29.5 Å². The molecule has 5 heteroatoms. The van der Waals surface area contributed by atoms with Crippen molar-refractivity contribution in [2.45, 2.75) is 6.54 Å². The maximum absolute atomic E-state index is 11.4. The number of esters is 1. The lowest BCUT2D eigenvalue weighted by Crippen LogP contribution is -2.24. The van der Waals surface area contributed by atoms with Gasteiger partial charge in [-0.1, -0.05) is 30.3 Å². The van der Waals surface area contributed by atoms with E-state index in [1.165, 1.54) is 13.2 Å². The number of carbonyl (C=O) groups excluding carboxylic acids is 1. The summed E-state index contributed by atoms with van der Waals surface area (Å²) in [5, 5.41) is 10.9. The Morgan fingerprint density at radius 2 is 2.15 bits per heavy atom. The minimum atomic E-state index is -0.493. The fourth-order valence-corrected chi connectivity index (χ4v) is 2.44. The van der Waals surface area contributed by atoms with E-state index in [1.807, 2.05) is 34.9 Å². The fraction of sp³-hybridized carbons (Fsp3) is 0.200. The van der Waals surface area contributed by atoms with E-state index in [1.54, 1.807) is 0 Å². The number of hydrogen-bond acceptors (Lipinski definition) is 4. The highest BCUT2D eigenvalue weighted by Crippen LogP contribution is 2.23. The van der Waals surface area contributed by atoms with Gasteiger partial charge >= 0.3 is 5.97 Å². The number of rotatable bonds is 2. The molecule has 20 heavy (non-hydrogen) atoms. The van der Waals surface area contributed by atoms with E-state index in [0.717, 1.165) is 5.56 Å². The van der Waals surface area contributed by atoms with Crippen LogP contribution in [0, 0.1) is 0 Å². The van der Waals surface area contributed by atoms with Crippen LogP contribution in [0.5, 0.6) is 5.75 Å². The Labute approximate surface area is 115 Å². The van der Waals surface area contributed by atoms with Crippen molar-refractivity contribution in [3.8, 4) is 16.9 Å². The third-order valence-electron chi connectivity index (χ3n) is 3.35. The van der Waals surface area contributed by atoms with Crippen molar-refractivity contribution < 1.29 is 14.6 Å². The minimum absolute atomic E-state index is 0.0695. The van der Waals surface area contributed by atoms with Crippen molar-refractivity contribution in [2.24, 2.45) is 4.99 Å². The molecule has 3 rings (SSSR count). The van der Waals surface area contributed by atoms with Gasteiger partial charge in [-0.05, 0) is 5.56 Å². The van der Waals surface area contributed by atoms with Gasteiger partial charge < -0.3 is 14.4 Å². The molecule has 0 saturated carbocycles. The Morgan fingerprint density at radius 1 is 1.40 bits per heavy atom. The van der Waals surface area contributed by atoms with Gasteiger partial charge in [0, 0.05) is 6.54 Å². The lowest BCUT2D eigenvalue weighted by molar-refractivity contribution is -0.133. The summed E-state index contributed by atoms with van der Waals surface area (Å²) in [7, 11) is 1.31. The molecule has 0 bridgehead atoms. The molecule has 0 saturated heterocycles. The highest BCUT2D eigenvalue weighted by atomic mass is 16.5. The minimum Gasteiger partial charge on any atom is -0.505 e. The van der Waals surface area contributed by atoms with E-state index in [9.17, 15) is 9.90 Å². The Bertz CT molecular complexity index is 776. The first-order chi connectivity index (χ1) is 9.72. The number of benzene rings is 1. The molecule has 2 heterocycles. The SMILES string of the molecule is COC(=O)/C=c1\c(O)c(-c2ccccc2)c2n1CCN=2. The van der Waals surface area contributed by atoms with Crippen LogP contribution in [0.2, 0.25) is 0 Å². The standard InChI is InChI=1S/C15H14N2O3/c1-20-12(18)9-11-14(19)13(10-5-3-2-4-6-10)15-16-7-8-17(11)15/h2-6,9,19H,7-8H2,1H3/b11-9+. The average molecular weight is 270 g/mol. The van der Waals surface area contributed by atoms with Gasteiger partial charge in [0.2, 0.25) is 0 Å². The summed E-state index contributed by atoms with van der Waals surface area (Å²) in [5.74, 6) is -0.424. The quantitative estimate of drug-likeness (QED) is 0.806. The van der Waals surface area contributed by atoms with E-state index in [-0.39, 0.29) is 5.75 Å². The van der Waals surface area contributed by atoms with Crippen LogP contribution in [0.3, 0.4) is 0 Å². The second-order valence-corrected chi connectivity index (χ2v) is 4.50. The number of aromatic nitrogens is 1. The summed E-state index contributed by atoms with van der Waals surface area (Å²) < 4.78 is 6.48. The Morgan fingerprint density at radius 3 is 2.85 bits per heavy atom. The van der Waals surface area contributed by atoms with Crippen LogP contribution in [0.4, 0.5) is 0 Å². The van der Waals surface area contributed by atoms with Crippen molar-refractivity contribution in [3.63, 3.8) is 0 Å². The molecule has 0 spiro atoms. The smallest absolute Gasteiger partial charge is 0.332 e. The second kappa shape index (κ2) is 4.85. The summed E-state index contributed by atoms with van der Waals surface area (Å²) in [5.41, 5.74) is 2.26. The Balaban J connectivity index is 2.31. The lowest BCUT2D eigenvalue weighted by atomic mass is 10.1. The Kier molecular flexibility index (Phi) is 3.02. The van der Waals surface area contributed by atoms with Gasteiger partial charge in [0.15, 0.2) is 5.75 Å². The van der Waals surface area contributed by atoms with Crippen LogP contribution >= 0.6 is 0 Å². The van der Waals surface area contributed by atoms with Gasteiger partial charge in [-0.15, -0.1) is 0 Å². The lowest BCUT2D eigenvalue weighted by Gasteiger charge is -1.98. The van der Waals surface area contributed by atoms with Gasteiger partial charge in [0.1, 0.15) is 5.49 Å². The molecule has 0 atom stereocenters. The van der Waals surface area contributed by atoms with Crippen LogP contribution in [0.15, 0.2) is 35.3 Å². The number of aromatic hydroxyl groups is 1. The molecule has 5 nitrogen and oxygen atoms in total. The first-order valence-corrected chi connectivity index (χ1v) is 6.33. The molecular weight excluding hydrogens is 256 g/mol. The van der Waals surface area contributed by atoms with E-state index < -0.39 is 5.97 Å². The molecule has 0 aliphatic carbocycles. The van der Waals surface area contributed by atoms with E-state index in [2.05, 4.69) is 9.73 Å². The topological polar surface area (TPSA) is 63.8 Å². The summed E-state index contributed by atoms with van der Waals surface area (Å²) in [4.78, 5) is 15.9. The van der Waals surface area contributed by atoms with Crippen molar-refractivity contribution in [2.75, 3.05) is 13.7 Å². The van der Waals surface area contributed by atoms with Crippen LogP contribution in [-0.2, 0) is 16.1 Å². The number of carbonyl (C=O) groups is 1. The molecule has 0 fully saturated rings. The average Bonchev–Trinajstić information content (AvgIpc) is 3.02. The predicted octanol–water partition coefficient (Wildman–Crippen LogP) is 0.447. The van der Waals surface area contributed by atoms with E-state index in [4.69, 9.17) is 0 Å². The zero-order valence-electron chi connectivity index (χ0n) is 11.0. The summed E-state index contributed by atoms with van der Waals surface area (Å²) >= 11 is 0.